The van der Waals surface area contributed by atoms with Crippen LogP contribution in [0, 0.1) is 11.8 Å². The van der Waals surface area contributed by atoms with Crippen molar-refractivity contribution < 1.29 is 0 Å². The number of hydrogen-bond acceptors (Lipinski definition) is 1. The van der Waals surface area contributed by atoms with Gasteiger partial charge < -0.3 is 5.32 Å². The smallest absolute Gasteiger partial charge is 0.0505 e. The summed E-state index contributed by atoms with van der Waals surface area (Å²) in [7, 11) is 0. The van der Waals surface area contributed by atoms with Crippen molar-refractivity contribution in [3.05, 3.63) is 17.5 Å². The van der Waals surface area contributed by atoms with Crippen molar-refractivity contribution >= 4 is 0 Å². The van der Waals surface area contributed by atoms with Crippen LogP contribution < -0.4 is 5.32 Å². The third-order valence-corrected chi connectivity index (χ3v) is 3.44. The Morgan fingerprint density at radius 1 is 1.38 bits per heavy atom. The molecule has 1 fully saturated rings. The van der Waals surface area contributed by atoms with Gasteiger partial charge >= 0.3 is 0 Å². The van der Waals surface area contributed by atoms with E-state index < -0.39 is 0 Å². The van der Waals surface area contributed by atoms with Crippen LogP contribution in [0.2, 0.25) is 0 Å². The minimum absolute atomic E-state index is 0.693. The molecule has 2 rings (SSSR count). The van der Waals surface area contributed by atoms with Crippen molar-refractivity contribution in [3.8, 4) is 0 Å². The largest absolute Gasteiger partial charge is 0.379 e. The Bertz CT molecular complexity index is 248. The van der Waals surface area contributed by atoms with Gasteiger partial charge in [0.2, 0.25) is 0 Å². The maximum absolute atomic E-state index is 3.56. The second kappa shape index (κ2) is 3.59. The molecule has 1 heteroatoms. The molecule has 13 heavy (non-hydrogen) atoms. The highest BCUT2D eigenvalue weighted by Gasteiger charge is 2.28. The van der Waals surface area contributed by atoms with Crippen molar-refractivity contribution in [2.75, 3.05) is 0 Å². The minimum atomic E-state index is 0.693. The SMILES string of the molecule is CC1=C=CC2C(C)CCCCC2N1. The summed E-state index contributed by atoms with van der Waals surface area (Å²) in [5, 5.41) is 3.56. The number of hydrogen-bond donors (Lipinski definition) is 1. The zero-order valence-corrected chi connectivity index (χ0v) is 8.64. The lowest BCUT2D eigenvalue weighted by Gasteiger charge is -2.30. The van der Waals surface area contributed by atoms with Crippen LogP contribution in [0.25, 0.3) is 0 Å². The predicted molar refractivity (Wildman–Crippen MR) is 55.3 cm³/mol. The summed E-state index contributed by atoms with van der Waals surface area (Å²) < 4.78 is 0. The van der Waals surface area contributed by atoms with Crippen LogP contribution in [0.3, 0.4) is 0 Å². The van der Waals surface area contributed by atoms with Gasteiger partial charge in [0.15, 0.2) is 0 Å². The monoisotopic (exact) mass is 177 g/mol. The molecule has 1 heterocycles. The maximum atomic E-state index is 3.56. The number of fused-ring (bicyclic) bond motifs is 1. The van der Waals surface area contributed by atoms with E-state index in [2.05, 4.69) is 31.0 Å². The molecule has 72 valence electrons. The lowest BCUT2D eigenvalue weighted by molar-refractivity contribution is 0.329. The van der Waals surface area contributed by atoms with Gasteiger partial charge in [-0.2, -0.15) is 0 Å². The Morgan fingerprint density at radius 2 is 2.15 bits per heavy atom. The molecule has 2 aliphatic rings. The molecule has 0 aromatic rings. The van der Waals surface area contributed by atoms with Crippen molar-refractivity contribution in [2.45, 2.75) is 45.6 Å². The first-order valence-corrected chi connectivity index (χ1v) is 5.47. The van der Waals surface area contributed by atoms with Gasteiger partial charge in [0.25, 0.3) is 0 Å². The molecule has 0 bridgehead atoms. The quantitative estimate of drug-likeness (QED) is 0.561. The van der Waals surface area contributed by atoms with E-state index in [1.807, 2.05) is 0 Å². The number of nitrogens with one attached hydrogen (secondary N) is 1. The lowest BCUT2D eigenvalue weighted by atomic mass is 9.84. The van der Waals surface area contributed by atoms with Gasteiger partial charge in [-0.05, 0) is 25.3 Å². The van der Waals surface area contributed by atoms with Crippen LogP contribution in [-0.4, -0.2) is 6.04 Å². The fourth-order valence-electron chi connectivity index (χ4n) is 2.60. The second-order valence-corrected chi connectivity index (χ2v) is 4.53. The van der Waals surface area contributed by atoms with Gasteiger partial charge in [0.1, 0.15) is 0 Å². The Balaban J connectivity index is 2.19. The third-order valence-electron chi connectivity index (χ3n) is 3.44. The van der Waals surface area contributed by atoms with Crippen LogP contribution in [0.4, 0.5) is 0 Å². The van der Waals surface area contributed by atoms with Gasteiger partial charge in [-0.1, -0.05) is 26.2 Å². The first kappa shape index (κ1) is 8.90. The summed E-state index contributed by atoms with van der Waals surface area (Å²) >= 11 is 0. The van der Waals surface area contributed by atoms with Crippen LogP contribution in [0.5, 0.6) is 0 Å². The van der Waals surface area contributed by atoms with Gasteiger partial charge in [-0.3, -0.25) is 0 Å². The van der Waals surface area contributed by atoms with E-state index in [9.17, 15) is 0 Å². The second-order valence-electron chi connectivity index (χ2n) is 4.53. The minimum Gasteiger partial charge on any atom is -0.379 e. The molecule has 1 aliphatic heterocycles. The normalized spacial score (nSPS) is 38.6. The molecule has 1 aliphatic carbocycles. The standard InChI is InChI=1S/C12H19N/c1-9-5-3-4-6-12-11(9)8-7-10(2)13-12/h8-9,11-13H,3-6H2,1-2H3. The van der Waals surface area contributed by atoms with Crippen LogP contribution >= 0.6 is 0 Å². The molecular weight excluding hydrogens is 158 g/mol. The first-order valence-electron chi connectivity index (χ1n) is 5.47. The molecule has 1 N–H and O–H groups in total. The van der Waals surface area contributed by atoms with E-state index in [-0.39, 0.29) is 0 Å². The molecule has 0 aromatic heterocycles. The Kier molecular flexibility index (Phi) is 2.46. The zero-order valence-electron chi connectivity index (χ0n) is 8.64. The average Bonchev–Trinajstić information content (AvgIpc) is 2.28. The summed E-state index contributed by atoms with van der Waals surface area (Å²) in [6.07, 6.45) is 7.82. The molecule has 0 saturated heterocycles. The van der Waals surface area contributed by atoms with Crippen LogP contribution in [0.1, 0.15) is 39.5 Å². The molecule has 0 amide bonds. The van der Waals surface area contributed by atoms with E-state index in [0.717, 1.165) is 11.8 Å². The maximum Gasteiger partial charge on any atom is 0.0505 e. The van der Waals surface area contributed by atoms with Crippen LogP contribution in [0.15, 0.2) is 17.5 Å². The summed E-state index contributed by atoms with van der Waals surface area (Å²) in [5.74, 6) is 1.56. The highest BCUT2D eigenvalue weighted by Crippen LogP contribution is 2.31. The molecular formula is C12H19N. The predicted octanol–water partition coefficient (Wildman–Crippen LogP) is 2.84. The van der Waals surface area contributed by atoms with Crippen molar-refractivity contribution in [1.82, 2.24) is 5.32 Å². The van der Waals surface area contributed by atoms with E-state index in [1.54, 1.807) is 0 Å². The van der Waals surface area contributed by atoms with Crippen molar-refractivity contribution in [2.24, 2.45) is 11.8 Å². The highest BCUT2D eigenvalue weighted by molar-refractivity contribution is 5.09. The van der Waals surface area contributed by atoms with Gasteiger partial charge in [-0.25, -0.2) is 0 Å². The van der Waals surface area contributed by atoms with Crippen molar-refractivity contribution in [1.29, 1.82) is 0 Å². The van der Waals surface area contributed by atoms with Gasteiger partial charge in [0, 0.05) is 12.0 Å². The molecule has 3 atom stereocenters. The molecule has 1 nitrogen and oxygen atoms in total. The van der Waals surface area contributed by atoms with E-state index in [4.69, 9.17) is 0 Å². The molecule has 1 saturated carbocycles. The van der Waals surface area contributed by atoms with Crippen molar-refractivity contribution in [3.63, 3.8) is 0 Å². The van der Waals surface area contributed by atoms with E-state index in [0.29, 0.717) is 6.04 Å². The summed E-state index contributed by atoms with van der Waals surface area (Å²) in [6.45, 7) is 4.49. The zero-order chi connectivity index (χ0) is 9.26. The summed E-state index contributed by atoms with van der Waals surface area (Å²) in [6, 6.07) is 0.693. The first-order chi connectivity index (χ1) is 6.27. The topological polar surface area (TPSA) is 12.0 Å². The third kappa shape index (κ3) is 1.81. The fourth-order valence-corrected chi connectivity index (χ4v) is 2.60. The Hall–Kier alpha value is -0.680. The Morgan fingerprint density at radius 3 is 3.00 bits per heavy atom. The molecule has 0 spiro atoms. The van der Waals surface area contributed by atoms with E-state index >= 15 is 0 Å². The fraction of sp³-hybridized carbons (Fsp3) is 0.750. The van der Waals surface area contributed by atoms with Crippen LogP contribution in [-0.2, 0) is 0 Å². The number of rotatable bonds is 0. The summed E-state index contributed by atoms with van der Waals surface area (Å²) in [5.41, 5.74) is 4.54. The lowest BCUT2D eigenvalue weighted by Crippen LogP contribution is -2.37. The summed E-state index contributed by atoms with van der Waals surface area (Å²) in [4.78, 5) is 0. The van der Waals surface area contributed by atoms with Gasteiger partial charge in [-0.15, -0.1) is 5.73 Å². The average molecular weight is 177 g/mol. The Labute approximate surface area is 80.9 Å². The molecule has 0 radical (unpaired) electrons. The molecule has 3 unspecified atom stereocenters. The van der Waals surface area contributed by atoms with E-state index in [1.165, 1.54) is 31.4 Å². The van der Waals surface area contributed by atoms with Gasteiger partial charge in [0.05, 0.1) is 5.70 Å². The molecule has 0 aromatic carbocycles. The highest BCUT2D eigenvalue weighted by atomic mass is 14.9.